The number of aromatic carboxylic acids is 1. The second-order valence-electron chi connectivity index (χ2n) is 3.35. The molecular formula is C11H9FN2O3S. The van der Waals surface area contributed by atoms with Crippen molar-refractivity contribution in [3.8, 4) is 11.6 Å². The zero-order valence-electron chi connectivity index (χ0n) is 9.38. The molecule has 0 unspecified atom stereocenters. The number of aromatic nitrogens is 2. The van der Waals surface area contributed by atoms with Gasteiger partial charge in [-0.15, -0.1) is 11.3 Å². The molecule has 0 aliphatic rings. The van der Waals surface area contributed by atoms with E-state index in [9.17, 15) is 9.18 Å². The average molecular weight is 268 g/mol. The van der Waals surface area contributed by atoms with Gasteiger partial charge in [0.15, 0.2) is 0 Å². The molecule has 5 nitrogen and oxygen atoms in total. The summed E-state index contributed by atoms with van der Waals surface area (Å²) in [4.78, 5) is 18.3. The van der Waals surface area contributed by atoms with Crippen molar-refractivity contribution in [2.75, 3.05) is 0 Å². The Balaban J connectivity index is 2.25. The SMILES string of the molecule is CCc1ncnc(Oc2csc(C(=O)O)c2)c1F. The Labute approximate surface area is 106 Å². The van der Waals surface area contributed by atoms with Crippen LogP contribution in [0.1, 0.15) is 22.3 Å². The van der Waals surface area contributed by atoms with Crippen molar-refractivity contribution >= 4 is 17.3 Å². The van der Waals surface area contributed by atoms with Gasteiger partial charge in [0.25, 0.3) is 5.88 Å². The van der Waals surface area contributed by atoms with Crippen LogP contribution in [-0.2, 0) is 6.42 Å². The van der Waals surface area contributed by atoms with Gasteiger partial charge in [0.2, 0.25) is 5.82 Å². The van der Waals surface area contributed by atoms with Gasteiger partial charge in [-0.25, -0.2) is 9.78 Å². The summed E-state index contributed by atoms with van der Waals surface area (Å²) in [5.74, 6) is -1.62. The topological polar surface area (TPSA) is 72.3 Å². The minimum atomic E-state index is -1.05. The van der Waals surface area contributed by atoms with Crippen molar-refractivity contribution in [2.24, 2.45) is 0 Å². The van der Waals surface area contributed by atoms with Crippen molar-refractivity contribution in [3.63, 3.8) is 0 Å². The highest BCUT2D eigenvalue weighted by molar-refractivity contribution is 7.12. The Hall–Kier alpha value is -2.02. The first kappa shape index (κ1) is 12.4. The summed E-state index contributed by atoms with van der Waals surface area (Å²) in [6.45, 7) is 1.77. The van der Waals surface area contributed by atoms with Gasteiger partial charge in [-0.3, -0.25) is 0 Å². The smallest absolute Gasteiger partial charge is 0.346 e. The van der Waals surface area contributed by atoms with E-state index < -0.39 is 11.8 Å². The minimum absolute atomic E-state index is 0.121. The summed E-state index contributed by atoms with van der Waals surface area (Å²) >= 11 is 1.00. The number of thiophene rings is 1. The van der Waals surface area contributed by atoms with E-state index in [1.165, 1.54) is 17.8 Å². The molecule has 2 aromatic heterocycles. The maximum absolute atomic E-state index is 13.8. The molecule has 0 saturated heterocycles. The minimum Gasteiger partial charge on any atom is -0.477 e. The molecule has 2 rings (SSSR count). The molecule has 94 valence electrons. The molecule has 0 fully saturated rings. The number of nitrogens with zero attached hydrogens (tertiary/aromatic N) is 2. The fraction of sp³-hybridized carbons (Fsp3) is 0.182. The number of aryl methyl sites for hydroxylation is 1. The molecule has 0 atom stereocenters. The number of carboxylic acids is 1. The van der Waals surface area contributed by atoms with Gasteiger partial charge in [0, 0.05) is 11.4 Å². The number of hydrogen-bond donors (Lipinski definition) is 1. The predicted molar refractivity (Wildman–Crippen MR) is 62.7 cm³/mol. The molecule has 0 aromatic carbocycles. The third-order valence-corrected chi connectivity index (χ3v) is 3.06. The summed E-state index contributed by atoms with van der Waals surface area (Å²) in [6.07, 6.45) is 1.64. The maximum Gasteiger partial charge on any atom is 0.346 e. The lowest BCUT2D eigenvalue weighted by Gasteiger charge is -2.04. The van der Waals surface area contributed by atoms with Gasteiger partial charge >= 0.3 is 5.97 Å². The highest BCUT2D eigenvalue weighted by atomic mass is 32.1. The summed E-state index contributed by atoms with van der Waals surface area (Å²) < 4.78 is 19.0. The molecule has 0 aliphatic heterocycles. The largest absolute Gasteiger partial charge is 0.477 e. The van der Waals surface area contributed by atoms with E-state index in [0.29, 0.717) is 6.42 Å². The molecule has 2 heterocycles. The molecule has 0 aliphatic carbocycles. The Bertz CT molecular complexity index is 585. The quantitative estimate of drug-likeness (QED) is 0.923. The predicted octanol–water partition coefficient (Wildman–Crippen LogP) is 2.73. The summed E-state index contributed by atoms with van der Waals surface area (Å²) in [5.41, 5.74) is 0.258. The Kier molecular flexibility index (Phi) is 3.52. The van der Waals surface area contributed by atoms with E-state index in [4.69, 9.17) is 9.84 Å². The molecule has 7 heteroatoms. The van der Waals surface area contributed by atoms with E-state index >= 15 is 0 Å². The van der Waals surface area contributed by atoms with Crippen LogP contribution < -0.4 is 4.74 Å². The fourth-order valence-electron chi connectivity index (χ4n) is 1.30. The Morgan fingerprint density at radius 2 is 2.33 bits per heavy atom. The van der Waals surface area contributed by atoms with Gasteiger partial charge < -0.3 is 9.84 Å². The third kappa shape index (κ3) is 2.45. The van der Waals surface area contributed by atoms with Gasteiger partial charge in [0.05, 0.1) is 5.69 Å². The fourth-order valence-corrected chi connectivity index (χ4v) is 1.95. The standard InChI is InChI=1S/C11H9FN2O3S/c1-2-7-9(12)10(14-5-13-7)17-6-3-8(11(15)16)18-4-6/h3-5H,2H2,1H3,(H,15,16). The number of carbonyl (C=O) groups is 1. The molecule has 2 aromatic rings. The first-order valence-electron chi connectivity index (χ1n) is 5.11. The molecular weight excluding hydrogens is 259 g/mol. The lowest BCUT2D eigenvalue weighted by Crippen LogP contribution is -1.99. The molecule has 18 heavy (non-hydrogen) atoms. The number of halogens is 1. The van der Waals surface area contributed by atoms with Crippen LogP contribution in [-0.4, -0.2) is 21.0 Å². The van der Waals surface area contributed by atoms with Crippen molar-refractivity contribution in [2.45, 2.75) is 13.3 Å². The van der Waals surface area contributed by atoms with Gasteiger partial charge in [0.1, 0.15) is 17.0 Å². The van der Waals surface area contributed by atoms with Crippen molar-refractivity contribution in [1.29, 1.82) is 0 Å². The number of ether oxygens (including phenoxy) is 1. The second-order valence-corrected chi connectivity index (χ2v) is 4.26. The number of hydrogen-bond acceptors (Lipinski definition) is 5. The van der Waals surface area contributed by atoms with Crippen LogP contribution in [0.15, 0.2) is 17.8 Å². The molecule has 1 N–H and O–H groups in total. The number of carboxylic acid groups (broad SMARTS) is 1. The van der Waals surface area contributed by atoms with E-state index in [-0.39, 0.29) is 22.2 Å². The summed E-state index contributed by atoms with van der Waals surface area (Å²) in [5, 5.41) is 10.2. The molecule has 0 saturated carbocycles. The van der Waals surface area contributed by atoms with E-state index in [1.807, 2.05) is 0 Å². The molecule has 0 amide bonds. The van der Waals surface area contributed by atoms with Crippen LogP contribution in [0.2, 0.25) is 0 Å². The van der Waals surface area contributed by atoms with Crippen LogP contribution in [0.25, 0.3) is 0 Å². The van der Waals surface area contributed by atoms with Crippen molar-refractivity contribution in [3.05, 3.63) is 34.2 Å². The van der Waals surface area contributed by atoms with Crippen LogP contribution in [0.4, 0.5) is 4.39 Å². The second kappa shape index (κ2) is 5.09. The van der Waals surface area contributed by atoms with Crippen LogP contribution >= 0.6 is 11.3 Å². The first-order chi connectivity index (χ1) is 8.61. The zero-order chi connectivity index (χ0) is 13.1. The zero-order valence-corrected chi connectivity index (χ0v) is 10.2. The number of rotatable bonds is 4. The Morgan fingerprint density at radius 1 is 1.56 bits per heavy atom. The normalized spacial score (nSPS) is 10.3. The van der Waals surface area contributed by atoms with Gasteiger partial charge in [-0.2, -0.15) is 9.37 Å². The van der Waals surface area contributed by atoms with E-state index in [1.54, 1.807) is 6.92 Å². The van der Waals surface area contributed by atoms with E-state index in [0.717, 1.165) is 11.3 Å². The summed E-state index contributed by atoms with van der Waals surface area (Å²) in [6, 6.07) is 1.32. The van der Waals surface area contributed by atoms with Gasteiger partial charge in [-0.1, -0.05) is 6.92 Å². The highest BCUT2D eigenvalue weighted by Crippen LogP contribution is 2.27. The maximum atomic E-state index is 13.8. The lowest BCUT2D eigenvalue weighted by atomic mass is 10.3. The monoisotopic (exact) mass is 268 g/mol. The Morgan fingerprint density at radius 3 is 2.94 bits per heavy atom. The third-order valence-electron chi connectivity index (χ3n) is 2.17. The van der Waals surface area contributed by atoms with Crippen molar-refractivity contribution < 1.29 is 19.0 Å². The van der Waals surface area contributed by atoms with Crippen LogP contribution in [0.5, 0.6) is 11.6 Å². The highest BCUT2D eigenvalue weighted by Gasteiger charge is 2.14. The van der Waals surface area contributed by atoms with Crippen LogP contribution in [0, 0.1) is 5.82 Å². The molecule has 0 spiro atoms. The summed E-state index contributed by atoms with van der Waals surface area (Å²) in [7, 11) is 0. The molecule has 0 bridgehead atoms. The first-order valence-corrected chi connectivity index (χ1v) is 5.98. The van der Waals surface area contributed by atoms with Gasteiger partial charge in [-0.05, 0) is 6.42 Å². The van der Waals surface area contributed by atoms with Crippen LogP contribution in [0.3, 0.4) is 0 Å². The average Bonchev–Trinajstić information content (AvgIpc) is 2.80. The molecule has 0 radical (unpaired) electrons. The van der Waals surface area contributed by atoms with Crippen molar-refractivity contribution in [1.82, 2.24) is 9.97 Å². The lowest BCUT2D eigenvalue weighted by molar-refractivity contribution is 0.0702. The van der Waals surface area contributed by atoms with E-state index in [2.05, 4.69) is 9.97 Å².